The molecule has 210 valence electrons. The van der Waals surface area contributed by atoms with Crippen LogP contribution in [-0.2, 0) is 0 Å². The first-order valence-electron chi connectivity index (χ1n) is 20.7. The zero-order chi connectivity index (χ0) is 41.7. The Hall–Kier alpha value is -4.94. The van der Waals surface area contributed by atoms with Gasteiger partial charge in [-0.1, -0.05) is 96.8 Å². The Morgan fingerprint density at radius 1 is 0.467 bits per heavy atom. The predicted octanol–water partition coefficient (Wildman–Crippen LogP) is 12.6. The van der Waals surface area contributed by atoms with E-state index in [4.69, 9.17) is 19.2 Å². The Morgan fingerprint density at radius 2 is 1.07 bits per heavy atom. The van der Waals surface area contributed by atoms with E-state index >= 15 is 0 Å². The van der Waals surface area contributed by atoms with Crippen LogP contribution in [0.4, 0.5) is 0 Å². The second kappa shape index (κ2) is 9.78. The van der Waals surface area contributed by atoms with Gasteiger partial charge in [0.05, 0.1) is 35.1 Å². The van der Waals surface area contributed by atoms with Crippen LogP contribution in [0.1, 0.15) is 19.2 Å². The lowest BCUT2D eigenvalue weighted by Gasteiger charge is -2.07. The van der Waals surface area contributed by atoms with Gasteiger partial charge < -0.3 is 0 Å². The molecule has 4 heterocycles. The molecule has 0 unspecified atom stereocenters. The molecule has 45 heavy (non-hydrogen) atoms. The van der Waals surface area contributed by atoms with Crippen LogP contribution in [0, 0.1) is 0 Å². The van der Waals surface area contributed by atoms with E-state index in [1.165, 1.54) is 17.7 Å². The molecule has 5 heteroatoms. The van der Waals surface area contributed by atoms with E-state index in [0.717, 1.165) is 37.5 Å². The topological polar surface area (TPSA) is 25.8 Å². The zero-order valence-corrected chi connectivity index (χ0v) is 25.2. The Bertz CT molecular complexity index is 3570. The minimum atomic E-state index is -0.438. The number of nitrogens with zero attached hydrogens (tertiary/aromatic N) is 2. The summed E-state index contributed by atoms with van der Waals surface area (Å²) in [6.07, 6.45) is 1.43. The fraction of sp³-hybridized carbons (Fsp3) is 0. The lowest BCUT2D eigenvalue weighted by Crippen LogP contribution is -1.87. The van der Waals surface area contributed by atoms with Gasteiger partial charge in [0, 0.05) is 56.0 Å². The number of hydrogen-bond acceptors (Lipinski definition) is 5. The van der Waals surface area contributed by atoms with Crippen molar-refractivity contribution in [3.05, 3.63) is 133 Å². The molecule has 0 N–H and O–H groups in total. The van der Waals surface area contributed by atoms with Crippen LogP contribution in [0.3, 0.4) is 0 Å². The van der Waals surface area contributed by atoms with Crippen molar-refractivity contribution < 1.29 is 19.2 Å². The Balaban J connectivity index is 1.17. The Kier molecular flexibility index (Phi) is 3.34. The first-order chi connectivity index (χ1) is 28.1. The molecular formula is C40H22N2S3. The summed E-state index contributed by atoms with van der Waals surface area (Å²) >= 11 is 3.58. The summed E-state index contributed by atoms with van der Waals surface area (Å²) in [6.45, 7) is 0. The standard InChI is InChI=1S/C40H22N2S3/c1-3-16-33-28(10-1)30-14-6-12-26(38(30)43-33)23-8-5-9-25(20-23)36-40-37(42-22-41-36)32-21-24(18-19-35(32)45-40)27-13-7-15-31-29-11-2-4-17-34(29)44-39(27)31/h1-22H/i1D,2D,3D,4D,6D,7D,10D,11D,12D,13D,14D,15D,16D,17D. The van der Waals surface area contributed by atoms with Crippen LogP contribution in [-0.4, -0.2) is 9.97 Å². The average Bonchev–Trinajstić information content (AvgIpc) is 3.94. The van der Waals surface area contributed by atoms with Crippen molar-refractivity contribution in [1.82, 2.24) is 9.97 Å². The third-order valence-electron chi connectivity index (χ3n) is 7.84. The minimum absolute atomic E-state index is 0.153. The van der Waals surface area contributed by atoms with Gasteiger partial charge in [-0.05, 0) is 52.5 Å². The van der Waals surface area contributed by atoms with Gasteiger partial charge in [-0.15, -0.1) is 34.0 Å². The summed E-state index contributed by atoms with van der Waals surface area (Å²) < 4.78 is 123. The molecule has 2 nitrogen and oxygen atoms in total. The summed E-state index contributed by atoms with van der Waals surface area (Å²) in [4.78, 5) is 9.32. The van der Waals surface area contributed by atoms with Gasteiger partial charge in [0.25, 0.3) is 0 Å². The molecule has 0 fully saturated rings. The maximum absolute atomic E-state index is 8.99. The summed E-state index contributed by atoms with van der Waals surface area (Å²) in [7, 11) is 0. The molecule has 0 aliphatic rings. The highest BCUT2D eigenvalue weighted by atomic mass is 32.1. The molecule has 10 rings (SSSR count). The van der Waals surface area contributed by atoms with Crippen LogP contribution >= 0.6 is 34.0 Å². The molecule has 0 amide bonds. The smallest absolute Gasteiger partial charge is 0.116 e. The first kappa shape index (κ1) is 15.4. The van der Waals surface area contributed by atoms with Crippen LogP contribution in [0.2, 0.25) is 0 Å². The third-order valence-corrected chi connectivity index (χ3v) is 11.2. The van der Waals surface area contributed by atoms with Gasteiger partial charge in [0.15, 0.2) is 0 Å². The molecular weight excluding hydrogens is 605 g/mol. The van der Waals surface area contributed by atoms with E-state index in [2.05, 4.69) is 9.97 Å². The van der Waals surface area contributed by atoms with Crippen molar-refractivity contribution in [2.45, 2.75) is 0 Å². The van der Waals surface area contributed by atoms with Crippen LogP contribution in [0.15, 0.2) is 133 Å². The Labute approximate surface area is 290 Å². The lowest BCUT2D eigenvalue weighted by molar-refractivity contribution is 1.24. The van der Waals surface area contributed by atoms with E-state index in [1.54, 1.807) is 18.2 Å². The van der Waals surface area contributed by atoms with Crippen molar-refractivity contribution in [3.63, 3.8) is 0 Å². The fourth-order valence-corrected chi connectivity index (χ4v) is 9.15. The van der Waals surface area contributed by atoms with Crippen LogP contribution in [0.25, 0.3) is 94.2 Å². The lowest BCUT2D eigenvalue weighted by atomic mass is 9.99. The summed E-state index contributed by atoms with van der Waals surface area (Å²) in [5.41, 5.74) is 3.58. The summed E-state index contributed by atoms with van der Waals surface area (Å²) in [5, 5.41) is 1.44. The SMILES string of the molecule is [2H]c1c([2H])c([2H])c2c(sc3c(-c4cccc(-c5ncnc6c5sc5ccc(-c7c([2H])c([2H])c([2H])c8c7sc7c([2H])c([2H])c([2H])c([2H])c78)cc56)c4)c([2H])c([2H])c([2H])c32)c1[2H]. The van der Waals surface area contributed by atoms with Crippen molar-refractivity contribution in [2.75, 3.05) is 0 Å². The maximum atomic E-state index is 8.99. The molecule has 0 aliphatic carbocycles. The van der Waals surface area contributed by atoms with E-state index in [-0.39, 0.29) is 91.4 Å². The second-order valence-corrected chi connectivity index (χ2v) is 13.4. The molecule has 0 bridgehead atoms. The molecule has 0 aliphatic heterocycles. The van der Waals surface area contributed by atoms with Crippen molar-refractivity contribution >= 4 is 94.7 Å². The number of fused-ring (bicyclic) bond motifs is 9. The molecule has 0 spiro atoms. The van der Waals surface area contributed by atoms with Gasteiger partial charge in [0.1, 0.15) is 6.33 Å². The molecule has 4 aromatic heterocycles. The third kappa shape index (κ3) is 3.85. The van der Waals surface area contributed by atoms with Crippen LogP contribution < -0.4 is 0 Å². The van der Waals surface area contributed by atoms with Gasteiger partial charge >= 0.3 is 0 Å². The minimum Gasteiger partial charge on any atom is -0.235 e. The number of hydrogen-bond donors (Lipinski definition) is 0. The van der Waals surface area contributed by atoms with E-state index in [9.17, 15) is 0 Å². The highest BCUT2D eigenvalue weighted by molar-refractivity contribution is 7.27. The maximum Gasteiger partial charge on any atom is 0.116 e. The predicted molar refractivity (Wildman–Crippen MR) is 197 cm³/mol. The second-order valence-electron chi connectivity index (χ2n) is 10.3. The highest BCUT2D eigenvalue weighted by Crippen LogP contribution is 2.44. The zero-order valence-electron chi connectivity index (χ0n) is 36.7. The molecule has 0 radical (unpaired) electrons. The number of benzene rings is 6. The van der Waals surface area contributed by atoms with Gasteiger partial charge in [0.2, 0.25) is 0 Å². The Morgan fingerprint density at radius 3 is 1.78 bits per heavy atom. The fourth-order valence-electron chi connectivity index (χ4n) is 5.82. The average molecular weight is 641 g/mol. The molecule has 6 aromatic carbocycles. The number of aromatic nitrogens is 2. The molecule has 0 saturated heterocycles. The molecule has 10 aromatic rings. The van der Waals surface area contributed by atoms with Crippen LogP contribution in [0.5, 0.6) is 0 Å². The first-order valence-corrected chi connectivity index (χ1v) is 16.2. The van der Waals surface area contributed by atoms with Gasteiger partial charge in [-0.25, -0.2) is 9.97 Å². The highest BCUT2D eigenvalue weighted by Gasteiger charge is 2.17. The number of rotatable bonds is 3. The van der Waals surface area contributed by atoms with Gasteiger partial charge in [-0.2, -0.15) is 0 Å². The van der Waals surface area contributed by atoms with Crippen molar-refractivity contribution in [1.29, 1.82) is 0 Å². The largest absolute Gasteiger partial charge is 0.235 e. The summed E-state index contributed by atoms with van der Waals surface area (Å²) in [6, 6.07) is 8.30. The van der Waals surface area contributed by atoms with E-state index in [1.807, 2.05) is 24.3 Å². The monoisotopic (exact) mass is 640 g/mol. The number of thiophene rings is 3. The van der Waals surface area contributed by atoms with Gasteiger partial charge in [-0.3, -0.25) is 0 Å². The quantitative estimate of drug-likeness (QED) is 0.192. The molecule has 0 atom stereocenters. The molecule has 0 saturated carbocycles. The van der Waals surface area contributed by atoms with Crippen molar-refractivity contribution in [3.8, 4) is 33.5 Å². The normalized spacial score (nSPS) is 16.4. The summed E-state index contributed by atoms with van der Waals surface area (Å²) in [5.74, 6) is 0. The van der Waals surface area contributed by atoms with Crippen molar-refractivity contribution in [2.24, 2.45) is 0 Å². The van der Waals surface area contributed by atoms with E-state index in [0.29, 0.717) is 48.4 Å². The van der Waals surface area contributed by atoms with E-state index < -0.39 is 24.2 Å².